The van der Waals surface area contributed by atoms with E-state index < -0.39 is 5.91 Å². The molecule has 0 unspecified atom stereocenters. The summed E-state index contributed by atoms with van der Waals surface area (Å²) in [5, 5.41) is 17.0. The summed E-state index contributed by atoms with van der Waals surface area (Å²) in [5.41, 5.74) is 1.65. The van der Waals surface area contributed by atoms with Crippen molar-refractivity contribution in [1.82, 2.24) is 15.1 Å². The summed E-state index contributed by atoms with van der Waals surface area (Å²) in [6, 6.07) is 7.81. The largest absolute Gasteiger partial charge is 0.349 e. The van der Waals surface area contributed by atoms with Crippen LogP contribution < -0.4 is 5.32 Å². The number of benzene rings is 1. The molecule has 1 aliphatic carbocycles. The van der Waals surface area contributed by atoms with Gasteiger partial charge in [0.05, 0.1) is 11.4 Å². The first kappa shape index (κ1) is 19.1. The van der Waals surface area contributed by atoms with Crippen LogP contribution in [0.1, 0.15) is 43.4 Å². The fraction of sp³-hybridized carbons (Fsp3) is 0.350. The monoisotopic (exact) mass is 386 g/mol. The van der Waals surface area contributed by atoms with Crippen LogP contribution in [0.4, 0.5) is 4.39 Å². The van der Waals surface area contributed by atoms with Gasteiger partial charge in [0.2, 0.25) is 0 Å². The van der Waals surface area contributed by atoms with Crippen molar-refractivity contribution in [2.45, 2.75) is 45.1 Å². The molecular formula is C20H20ClFN4O. The van der Waals surface area contributed by atoms with Gasteiger partial charge in [-0.15, -0.1) is 0 Å². The molecule has 1 N–H and O–H groups in total. The Bertz CT molecular complexity index is 905. The molecule has 0 aliphatic heterocycles. The number of hydrogen-bond donors (Lipinski definition) is 1. The van der Waals surface area contributed by atoms with Crippen LogP contribution in [0.3, 0.4) is 0 Å². The molecule has 1 aliphatic rings. The number of halogens is 2. The van der Waals surface area contributed by atoms with E-state index in [0.717, 1.165) is 25.7 Å². The number of nitrogens with zero attached hydrogens (tertiary/aromatic N) is 3. The minimum Gasteiger partial charge on any atom is -0.349 e. The summed E-state index contributed by atoms with van der Waals surface area (Å²) in [5.74, 6) is -0.751. The van der Waals surface area contributed by atoms with Gasteiger partial charge in [0.15, 0.2) is 0 Å². The van der Waals surface area contributed by atoms with E-state index in [-0.39, 0.29) is 22.6 Å². The first-order valence-corrected chi connectivity index (χ1v) is 9.31. The molecule has 1 saturated carbocycles. The van der Waals surface area contributed by atoms with E-state index in [1.165, 1.54) is 29.3 Å². The zero-order valence-corrected chi connectivity index (χ0v) is 15.8. The number of aromatic nitrogens is 2. The van der Waals surface area contributed by atoms with Crippen LogP contribution in [0, 0.1) is 24.1 Å². The average Bonchev–Trinajstić information content (AvgIpc) is 2.95. The number of nitrogens with one attached hydrogen (secondary N) is 1. The zero-order chi connectivity index (χ0) is 19.4. The molecule has 0 atom stereocenters. The summed E-state index contributed by atoms with van der Waals surface area (Å²) >= 11 is 6.42. The molecule has 1 aromatic carbocycles. The molecule has 1 aromatic heterocycles. The van der Waals surface area contributed by atoms with E-state index in [9.17, 15) is 14.4 Å². The van der Waals surface area contributed by atoms with Crippen LogP contribution >= 0.6 is 11.6 Å². The third-order valence-electron chi connectivity index (χ3n) is 4.71. The van der Waals surface area contributed by atoms with Crippen LogP contribution in [0.15, 0.2) is 29.8 Å². The molecule has 1 fully saturated rings. The van der Waals surface area contributed by atoms with Gasteiger partial charge < -0.3 is 5.32 Å². The number of hydrogen-bond acceptors (Lipinski definition) is 3. The quantitative estimate of drug-likeness (QED) is 0.628. The van der Waals surface area contributed by atoms with Crippen LogP contribution in [0.2, 0.25) is 5.15 Å². The molecule has 5 nitrogen and oxygen atoms in total. The molecule has 7 heteroatoms. The smallest absolute Gasteiger partial charge is 0.262 e. The Kier molecular flexibility index (Phi) is 5.92. The summed E-state index contributed by atoms with van der Waals surface area (Å²) in [6.45, 7) is 1.74. The molecule has 1 heterocycles. The molecule has 0 spiro atoms. The van der Waals surface area contributed by atoms with Gasteiger partial charge in [-0.05, 0) is 50.1 Å². The van der Waals surface area contributed by atoms with Gasteiger partial charge in [0.25, 0.3) is 5.91 Å². The number of aryl methyl sites for hydroxylation is 1. The fourth-order valence-corrected chi connectivity index (χ4v) is 3.56. The summed E-state index contributed by atoms with van der Waals surface area (Å²) < 4.78 is 14.6. The van der Waals surface area contributed by atoms with Gasteiger partial charge in [-0.2, -0.15) is 10.4 Å². The Labute approximate surface area is 162 Å². The standard InChI is InChI=1S/C20H20ClFN4O/c1-13-18(19(21)26(25-13)17-9-7-15(22)8-10-17)11-14(12-23)20(27)24-16-5-3-2-4-6-16/h7-11,16H,2-6H2,1H3,(H,24,27)/b14-11+. The van der Waals surface area contributed by atoms with E-state index in [0.29, 0.717) is 16.9 Å². The normalized spacial score (nSPS) is 15.4. The fourth-order valence-electron chi connectivity index (χ4n) is 3.23. The summed E-state index contributed by atoms with van der Waals surface area (Å²) in [4.78, 5) is 12.5. The Morgan fingerprint density at radius 3 is 2.63 bits per heavy atom. The molecule has 1 amide bonds. The van der Waals surface area contributed by atoms with Crippen molar-refractivity contribution in [3.63, 3.8) is 0 Å². The first-order valence-electron chi connectivity index (χ1n) is 8.93. The second-order valence-corrected chi connectivity index (χ2v) is 7.01. The maximum atomic E-state index is 13.1. The van der Waals surface area contributed by atoms with Crippen molar-refractivity contribution in [2.75, 3.05) is 0 Å². The molecule has 2 aromatic rings. The van der Waals surface area contributed by atoms with Crippen molar-refractivity contribution in [3.05, 3.63) is 52.1 Å². The van der Waals surface area contributed by atoms with Crippen molar-refractivity contribution in [3.8, 4) is 11.8 Å². The second-order valence-electron chi connectivity index (χ2n) is 6.66. The summed E-state index contributed by atoms with van der Waals surface area (Å²) in [6.07, 6.45) is 6.70. The molecule has 0 bridgehead atoms. The Morgan fingerprint density at radius 2 is 2.00 bits per heavy atom. The number of carbonyl (C=O) groups is 1. The van der Waals surface area contributed by atoms with Gasteiger partial charge in [0.1, 0.15) is 22.6 Å². The highest BCUT2D eigenvalue weighted by molar-refractivity contribution is 6.31. The highest BCUT2D eigenvalue weighted by atomic mass is 35.5. The number of nitriles is 1. The van der Waals surface area contributed by atoms with Crippen LogP contribution in [0.25, 0.3) is 11.8 Å². The van der Waals surface area contributed by atoms with Gasteiger partial charge in [0, 0.05) is 11.6 Å². The van der Waals surface area contributed by atoms with E-state index in [4.69, 9.17) is 11.6 Å². The predicted molar refractivity (Wildman–Crippen MR) is 102 cm³/mol. The van der Waals surface area contributed by atoms with Crippen LogP contribution in [-0.2, 0) is 4.79 Å². The zero-order valence-electron chi connectivity index (χ0n) is 15.0. The maximum Gasteiger partial charge on any atom is 0.262 e. The first-order chi connectivity index (χ1) is 13.0. The third-order valence-corrected chi connectivity index (χ3v) is 5.08. The van der Waals surface area contributed by atoms with Crippen molar-refractivity contribution in [2.24, 2.45) is 0 Å². The summed E-state index contributed by atoms with van der Waals surface area (Å²) in [7, 11) is 0. The molecule has 27 heavy (non-hydrogen) atoms. The van der Waals surface area contributed by atoms with Crippen molar-refractivity contribution in [1.29, 1.82) is 5.26 Å². The minimum absolute atomic E-state index is 0.00997. The lowest BCUT2D eigenvalue weighted by Gasteiger charge is -2.22. The van der Waals surface area contributed by atoms with Crippen LogP contribution in [0.5, 0.6) is 0 Å². The molecule has 0 saturated heterocycles. The average molecular weight is 387 g/mol. The Hall–Kier alpha value is -2.65. The minimum atomic E-state index is -0.394. The SMILES string of the molecule is Cc1nn(-c2ccc(F)cc2)c(Cl)c1/C=C(\C#N)C(=O)NC1CCCCC1. The highest BCUT2D eigenvalue weighted by Gasteiger charge is 2.20. The second kappa shape index (κ2) is 8.36. The number of amides is 1. The lowest BCUT2D eigenvalue weighted by Crippen LogP contribution is -2.36. The topological polar surface area (TPSA) is 70.7 Å². The van der Waals surface area contributed by atoms with Gasteiger partial charge >= 0.3 is 0 Å². The van der Waals surface area contributed by atoms with Gasteiger partial charge in [-0.3, -0.25) is 4.79 Å². The predicted octanol–water partition coefficient (Wildman–Crippen LogP) is 4.33. The maximum absolute atomic E-state index is 13.1. The molecule has 0 radical (unpaired) electrons. The number of carbonyl (C=O) groups excluding carboxylic acids is 1. The molecular weight excluding hydrogens is 367 g/mol. The molecule has 3 rings (SSSR count). The highest BCUT2D eigenvalue weighted by Crippen LogP contribution is 2.26. The Morgan fingerprint density at radius 1 is 1.33 bits per heavy atom. The van der Waals surface area contributed by atoms with E-state index in [2.05, 4.69) is 10.4 Å². The third kappa shape index (κ3) is 4.37. The number of rotatable bonds is 4. The van der Waals surface area contributed by atoms with E-state index in [1.54, 1.807) is 19.1 Å². The van der Waals surface area contributed by atoms with Crippen molar-refractivity contribution < 1.29 is 9.18 Å². The van der Waals surface area contributed by atoms with E-state index >= 15 is 0 Å². The van der Waals surface area contributed by atoms with Gasteiger partial charge in [-0.1, -0.05) is 30.9 Å². The Balaban J connectivity index is 1.87. The van der Waals surface area contributed by atoms with Crippen molar-refractivity contribution >= 4 is 23.6 Å². The van der Waals surface area contributed by atoms with Crippen LogP contribution in [-0.4, -0.2) is 21.7 Å². The van der Waals surface area contributed by atoms with E-state index in [1.807, 2.05) is 6.07 Å². The van der Waals surface area contributed by atoms with Gasteiger partial charge in [-0.25, -0.2) is 9.07 Å². The molecule has 140 valence electrons. The lowest BCUT2D eigenvalue weighted by molar-refractivity contribution is -0.117. The lowest BCUT2D eigenvalue weighted by atomic mass is 9.95.